The predicted octanol–water partition coefficient (Wildman–Crippen LogP) is 7.85. The number of benzene rings is 3. The number of nitrogens with one attached hydrogen (secondary N) is 4. The summed E-state index contributed by atoms with van der Waals surface area (Å²) in [7, 11) is 1.31. The molecule has 0 aliphatic carbocycles. The minimum atomic E-state index is -1.22. The van der Waals surface area contributed by atoms with E-state index < -0.39 is 24.3 Å². The fourth-order valence-corrected chi connectivity index (χ4v) is 10.7. The second-order valence-electron chi connectivity index (χ2n) is 18.8. The largest absolute Gasteiger partial charge is 0.488 e. The number of hydrogen-bond donors (Lipinski definition) is 5. The van der Waals surface area contributed by atoms with E-state index in [-0.39, 0.29) is 59.9 Å². The van der Waals surface area contributed by atoms with Gasteiger partial charge in [-0.05, 0) is 117 Å². The van der Waals surface area contributed by atoms with Crippen LogP contribution >= 0.6 is 0 Å². The first kappa shape index (κ1) is 43.1. The van der Waals surface area contributed by atoms with Gasteiger partial charge in [0.05, 0.1) is 54.3 Å². The van der Waals surface area contributed by atoms with Crippen LogP contribution in [0.15, 0.2) is 48.7 Å². The Morgan fingerprint density at radius 3 is 2.41 bits per heavy atom. The monoisotopic (exact) mass is 874 g/mol. The van der Waals surface area contributed by atoms with Gasteiger partial charge < -0.3 is 49.7 Å². The van der Waals surface area contributed by atoms with Crippen LogP contribution in [-0.2, 0) is 25.7 Å². The van der Waals surface area contributed by atoms with Crippen molar-refractivity contribution >= 4 is 45.8 Å². The van der Waals surface area contributed by atoms with Crippen LogP contribution in [-0.4, -0.2) is 103 Å². The topological polar surface area (TPSA) is 204 Å². The molecule has 2 aromatic heterocycles. The molecule has 0 saturated carbocycles. The highest BCUT2D eigenvalue weighted by Crippen LogP contribution is 2.44. The molecular formula is C48H58N8O8. The molecule has 64 heavy (non-hydrogen) atoms. The van der Waals surface area contributed by atoms with Gasteiger partial charge in [0, 0.05) is 23.5 Å². The molecule has 0 bridgehead atoms. The van der Waals surface area contributed by atoms with Crippen molar-refractivity contribution in [2.75, 3.05) is 13.7 Å². The van der Waals surface area contributed by atoms with Crippen molar-refractivity contribution in [3.8, 4) is 28.1 Å². The summed E-state index contributed by atoms with van der Waals surface area (Å²) in [5.41, 5.74) is 6.49. The molecular weight excluding hydrogens is 817 g/mol. The highest BCUT2D eigenvalue weighted by Gasteiger charge is 2.44. The van der Waals surface area contributed by atoms with Gasteiger partial charge in [0.2, 0.25) is 11.8 Å². The molecule has 16 nitrogen and oxygen atoms in total. The standard InChI is InChI=1S/C48H58N8O8/c1-23(2)40(53-47(59)60)46(58)56-25(4)8-13-37(56)43-49-20-36(51-43)29-9-11-32-31(17-29)22-63-39-19-33-28(18-34(32)39)10-12-35-42(33)52-44(50-35)38-14-24(3)21-55(38)45(57)41(54-48(61)62-7)30-15-26(5)64-27(6)16-30/h9-12,17-20,23-27,30,37-38,40-41,53H,8,13-16,21-22H2,1-7H3,(H,49,51)(H,50,52)(H,54,61)(H,59,60)/t24-,25-,26+,27+,37-,38-,40?,41?/m0/s1. The second-order valence-corrected chi connectivity index (χ2v) is 18.8. The second kappa shape index (κ2) is 17.1. The van der Waals surface area contributed by atoms with Gasteiger partial charge in [-0.15, -0.1) is 0 Å². The lowest BCUT2D eigenvalue weighted by atomic mass is 9.85. The van der Waals surface area contributed by atoms with E-state index in [1.54, 1.807) is 11.1 Å². The average Bonchev–Trinajstić information content (AvgIpc) is 4.08. The average molecular weight is 875 g/mol. The third-order valence-corrected chi connectivity index (χ3v) is 13.8. The number of H-pyrrole nitrogens is 2. The zero-order valence-corrected chi connectivity index (χ0v) is 37.4. The van der Waals surface area contributed by atoms with Crippen molar-refractivity contribution in [3.05, 3.63) is 65.9 Å². The van der Waals surface area contributed by atoms with Crippen LogP contribution in [0.25, 0.3) is 44.2 Å². The molecule has 5 N–H and O–H groups in total. The molecule has 3 fully saturated rings. The number of methoxy groups -OCH3 is 1. The van der Waals surface area contributed by atoms with Crippen LogP contribution in [0.3, 0.4) is 0 Å². The van der Waals surface area contributed by atoms with E-state index in [2.05, 4.69) is 63.9 Å². The predicted molar refractivity (Wildman–Crippen MR) is 239 cm³/mol. The number of amides is 4. The van der Waals surface area contributed by atoms with Gasteiger partial charge in [-0.25, -0.2) is 19.6 Å². The molecule has 338 valence electrons. The Morgan fingerprint density at radius 2 is 1.67 bits per heavy atom. The first-order chi connectivity index (χ1) is 30.7. The first-order valence-electron chi connectivity index (χ1n) is 22.6. The summed E-state index contributed by atoms with van der Waals surface area (Å²) in [5.74, 6) is 1.67. The molecule has 2 unspecified atom stereocenters. The molecule has 16 heteroatoms. The number of carbonyl (C=O) groups is 4. The van der Waals surface area contributed by atoms with Crippen molar-refractivity contribution in [1.82, 2.24) is 40.4 Å². The first-order valence-corrected chi connectivity index (χ1v) is 22.6. The summed E-state index contributed by atoms with van der Waals surface area (Å²) >= 11 is 0. The van der Waals surface area contributed by atoms with Crippen molar-refractivity contribution < 1.29 is 38.5 Å². The summed E-state index contributed by atoms with van der Waals surface area (Å²) in [5, 5.41) is 16.7. The van der Waals surface area contributed by atoms with Gasteiger partial charge in [0.15, 0.2) is 0 Å². The van der Waals surface area contributed by atoms with Gasteiger partial charge in [0.1, 0.15) is 36.1 Å². The highest BCUT2D eigenvalue weighted by atomic mass is 16.5. The zero-order valence-electron chi connectivity index (χ0n) is 37.4. The summed E-state index contributed by atoms with van der Waals surface area (Å²) in [6.07, 6.45) is 3.41. The third kappa shape index (κ3) is 8.01. The van der Waals surface area contributed by atoms with E-state index in [1.165, 1.54) is 7.11 Å². The maximum Gasteiger partial charge on any atom is 0.407 e. The van der Waals surface area contributed by atoms with E-state index in [1.807, 2.05) is 45.6 Å². The summed E-state index contributed by atoms with van der Waals surface area (Å²) in [4.78, 5) is 73.0. The van der Waals surface area contributed by atoms with Crippen LogP contribution in [0, 0.1) is 17.8 Å². The zero-order chi connectivity index (χ0) is 45.1. The summed E-state index contributed by atoms with van der Waals surface area (Å²) in [6.45, 7) is 12.7. The Balaban J connectivity index is 0.969. The molecule has 0 radical (unpaired) electrons. The number of imidazole rings is 2. The smallest absolute Gasteiger partial charge is 0.407 e. The number of aromatic amines is 2. The maximum atomic E-state index is 14.5. The molecule has 6 heterocycles. The van der Waals surface area contributed by atoms with Gasteiger partial charge in [-0.2, -0.15) is 0 Å². The minimum Gasteiger partial charge on any atom is -0.488 e. The van der Waals surface area contributed by atoms with Gasteiger partial charge >= 0.3 is 12.2 Å². The van der Waals surface area contributed by atoms with Crippen LogP contribution in [0.5, 0.6) is 5.75 Å². The van der Waals surface area contributed by atoms with E-state index in [0.29, 0.717) is 37.6 Å². The third-order valence-electron chi connectivity index (χ3n) is 13.8. The summed E-state index contributed by atoms with van der Waals surface area (Å²) < 4.78 is 17.4. The van der Waals surface area contributed by atoms with E-state index in [4.69, 9.17) is 24.2 Å². The SMILES string of the molecule is COC(=O)NC(C(=O)N1C[C@@H](C)C[C@H]1c1nc2c(ccc3cc4c(cc32)OCc2cc(-c3cnc([C@@H]5CC[C@H](C)N5C(=O)C(NC(=O)O)C(C)C)[nH]3)ccc2-4)[nH]1)C1C[C@@H](C)O[C@H](C)C1. The normalized spacial score (nSPS) is 25.2. The Morgan fingerprint density at radius 1 is 0.891 bits per heavy atom. The fraction of sp³-hybridized carbons (Fsp3) is 0.500. The molecule has 9 rings (SSSR count). The van der Waals surface area contributed by atoms with Crippen molar-refractivity contribution in [3.63, 3.8) is 0 Å². The highest BCUT2D eigenvalue weighted by molar-refractivity contribution is 6.07. The van der Waals surface area contributed by atoms with Crippen molar-refractivity contribution in [1.29, 1.82) is 0 Å². The molecule has 8 atom stereocenters. The Hall–Kier alpha value is -6.16. The Bertz CT molecular complexity index is 2610. The number of likely N-dealkylation sites (tertiary alicyclic amines) is 2. The quantitative estimate of drug-likeness (QED) is 0.0970. The molecule has 3 saturated heterocycles. The lowest BCUT2D eigenvalue weighted by Gasteiger charge is -2.38. The van der Waals surface area contributed by atoms with Crippen LogP contribution < -0.4 is 15.4 Å². The molecule has 4 aliphatic heterocycles. The number of aromatic nitrogens is 4. The van der Waals surface area contributed by atoms with Crippen LogP contribution in [0.1, 0.15) is 103 Å². The van der Waals surface area contributed by atoms with Gasteiger partial charge in [-0.1, -0.05) is 39.0 Å². The Kier molecular flexibility index (Phi) is 11.5. The number of alkyl carbamates (subject to hydrolysis) is 1. The Labute approximate surface area is 371 Å². The number of nitrogens with zero attached hydrogens (tertiary/aromatic N) is 4. The summed E-state index contributed by atoms with van der Waals surface area (Å²) in [6, 6.07) is 12.3. The number of carboxylic acid groups (broad SMARTS) is 1. The molecule has 4 amide bonds. The minimum absolute atomic E-state index is 0.0354. The molecule has 4 aliphatic rings. The number of hydrogen-bond acceptors (Lipinski definition) is 9. The number of carbonyl (C=O) groups excluding carboxylic acids is 3. The van der Waals surface area contributed by atoms with E-state index in [0.717, 1.165) is 74.8 Å². The van der Waals surface area contributed by atoms with Gasteiger partial charge in [-0.3, -0.25) is 9.59 Å². The molecule has 3 aromatic carbocycles. The maximum absolute atomic E-state index is 14.5. The van der Waals surface area contributed by atoms with Crippen molar-refractivity contribution in [2.45, 2.75) is 123 Å². The van der Waals surface area contributed by atoms with Crippen molar-refractivity contribution in [2.24, 2.45) is 17.8 Å². The lowest BCUT2D eigenvalue weighted by Crippen LogP contribution is -2.54. The van der Waals surface area contributed by atoms with Crippen LogP contribution in [0.2, 0.25) is 0 Å². The number of fused-ring (bicyclic) bond motifs is 6. The van der Waals surface area contributed by atoms with Crippen LogP contribution in [0.4, 0.5) is 9.59 Å². The van der Waals surface area contributed by atoms with Gasteiger partial charge in [0.25, 0.3) is 0 Å². The number of ether oxygens (including phenoxy) is 3. The molecule has 0 spiro atoms. The fourth-order valence-electron chi connectivity index (χ4n) is 10.7. The molecule has 5 aromatic rings. The van der Waals surface area contributed by atoms with E-state index >= 15 is 0 Å². The number of rotatable bonds is 9. The van der Waals surface area contributed by atoms with E-state index in [9.17, 15) is 24.3 Å². The lowest BCUT2D eigenvalue weighted by molar-refractivity contribution is -0.139.